The Balaban J connectivity index is 1.72. The van der Waals surface area contributed by atoms with E-state index in [4.69, 9.17) is 0 Å². The fourth-order valence-electron chi connectivity index (χ4n) is 12.0. The molecule has 0 radical (unpaired) electrons. The normalized spacial score (nSPS) is 11.7. The molecule has 0 bridgehead atoms. The summed E-state index contributed by atoms with van der Waals surface area (Å²) in [5.41, 5.74) is 3.17. The van der Waals surface area contributed by atoms with Crippen LogP contribution in [-0.2, 0) is 12.8 Å². The third-order valence-electron chi connectivity index (χ3n) is 17.1. The van der Waals surface area contributed by atoms with Gasteiger partial charge in [0.1, 0.15) is 0 Å². The Morgan fingerprint density at radius 3 is 0.431 bits per heavy atom. The molecule has 0 saturated carbocycles. The van der Waals surface area contributed by atoms with Gasteiger partial charge in [0, 0.05) is 0 Å². The first-order chi connectivity index (χ1) is 35.9. The van der Waals surface area contributed by atoms with Gasteiger partial charge in [-0.3, -0.25) is 0 Å². The molecular weight excluding hydrogens is 865 g/mol. The molecule has 0 heterocycles. The van der Waals surface area contributed by atoms with Crippen molar-refractivity contribution in [1.29, 1.82) is 0 Å². The summed E-state index contributed by atoms with van der Waals surface area (Å²) in [5.74, 6) is 0. The number of unbranched alkanes of at least 4 members (excludes halogenated alkanes) is 60. The van der Waals surface area contributed by atoms with Crippen molar-refractivity contribution in [2.45, 2.75) is 425 Å². The van der Waals surface area contributed by atoms with Crippen molar-refractivity contribution in [3.05, 3.63) is 35.4 Å². The molecule has 0 nitrogen and oxygen atoms in total. The molecule has 0 aliphatic heterocycles. The van der Waals surface area contributed by atoms with Crippen LogP contribution in [0.4, 0.5) is 0 Å². The topological polar surface area (TPSA) is 0 Å². The molecular formula is C72H138. The SMILES string of the molecule is CCCCCCCCCCCCCCCCCCCCCCCCCCCCCCCCCc1cccc(CCCCCCCCCCCCCCCCCCCCCCCCCCCCCCCCC)c1. The molecule has 0 aliphatic rings. The summed E-state index contributed by atoms with van der Waals surface area (Å²) in [4.78, 5) is 0. The molecule has 0 amide bonds. The van der Waals surface area contributed by atoms with Crippen LogP contribution in [0.5, 0.6) is 0 Å². The van der Waals surface area contributed by atoms with Crippen molar-refractivity contribution in [2.75, 3.05) is 0 Å². The maximum atomic E-state index is 2.53. The molecule has 1 aromatic carbocycles. The van der Waals surface area contributed by atoms with Crippen molar-refractivity contribution >= 4 is 0 Å². The van der Waals surface area contributed by atoms with Crippen LogP contribution >= 0.6 is 0 Å². The second-order valence-corrected chi connectivity index (χ2v) is 24.5. The minimum Gasteiger partial charge on any atom is -0.0654 e. The van der Waals surface area contributed by atoms with Crippen molar-refractivity contribution in [1.82, 2.24) is 0 Å². The molecule has 0 N–H and O–H groups in total. The Morgan fingerprint density at radius 2 is 0.292 bits per heavy atom. The Labute approximate surface area is 458 Å². The first-order valence-corrected chi connectivity index (χ1v) is 34.9. The Morgan fingerprint density at radius 1 is 0.167 bits per heavy atom. The fourth-order valence-corrected chi connectivity index (χ4v) is 12.0. The largest absolute Gasteiger partial charge is 0.0654 e. The van der Waals surface area contributed by atoms with Crippen LogP contribution in [0.3, 0.4) is 0 Å². The van der Waals surface area contributed by atoms with Crippen LogP contribution in [0.2, 0.25) is 0 Å². The lowest BCUT2D eigenvalue weighted by Gasteiger charge is -2.07. The van der Waals surface area contributed by atoms with E-state index in [1.54, 1.807) is 11.1 Å². The highest BCUT2D eigenvalue weighted by Crippen LogP contribution is 2.21. The van der Waals surface area contributed by atoms with Gasteiger partial charge < -0.3 is 0 Å². The van der Waals surface area contributed by atoms with E-state index >= 15 is 0 Å². The molecule has 426 valence electrons. The van der Waals surface area contributed by atoms with E-state index in [1.165, 1.54) is 411 Å². The number of hydrogen-bond acceptors (Lipinski definition) is 0. The zero-order chi connectivity index (χ0) is 51.2. The van der Waals surface area contributed by atoms with Crippen molar-refractivity contribution in [3.8, 4) is 0 Å². The van der Waals surface area contributed by atoms with E-state index in [0.29, 0.717) is 0 Å². The van der Waals surface area contributed by atoms with Gasteiger partial charge in [0.15, 0.2) is 0 Å². The summed E-state index contributed by atoms with van der Waals surface area (Å²) in [6.07, 6.45) is 93.9. The molecule has 1 rings (SSSR count). The Hall–Kier alpha value is -0.780. The Kier molecular flexibility index (Phi) is 60.3. The van der Waals surface area contributed by atoms with Gasteiger partial charge in [-0.05, 0) is 36.8 Å². The van der Waals surface area contributed by atoms with E-state index < -0.39 is 0 Å². The molecule has 0 saturated heterocycles. The molecule has 72 heavy (non-hydrogen) atoms. The monoisotopic (exact) mass is 1000 g/mol. The third kappa shape index (κ3) is 56.9. The molecule has 0 heteroatoms. The third-order valence-corrected chi connectivity index (χ3v) is 17.1. The second kappa shape index (κ2) is 62.8. The van der Waals surface area contributed by atoms with Crippen LogP contribution in [0.15, 0.2) is 24.3 Å². The highest BCUT2D eigenvalue weighted by molar-refractivity contribution is 5.23. The highest BCUT2D eigenvalue weighted by atomic mass is 14.1. The van der Waals surface area contributed by atoms with Gasteiger partial charge in [-0.1, -0.05) is 423 Å². The van der Waals surface area contributed by atoms with Crippen LogP contribution in [0.1, 0.15) is 423 Å². The van der Waals surface area contributed by atoms with Gasteiger partial charge in [-0.15, -0.1) is 0 Å². The summed E-state index contributed by atoms with van der Waals surface area (Å²) >= 11 is 0. The standard InChI is InChI=1S/C72H138/c1-3-5-7-9-11-13-15-17-19-21-23-25-27-29-31-33-35-37-39-41-43-45-47-49-51-53-55-57-59-61-63-66-71-68-65-69-72(70-71)67-64-62-60-58-56-54-52-50-48-46-44-42-40-38-36-34-32-30-28-26-24-22-20-18-16-14-12-10-8-6-4-2/h65,68-70H,3-64,66-67H2,1-2H3. The number of benzene rings is 1. The number of rotatable bonds is 64. The maximum Gasteiger partial charge on any atom is -0.0279 e. The predicted octanol–water partition coefficient (Wildman–Crippen LogP) is 27.0. The molecule has 0 aliphatic carbocycles. The van der Waals surface area contributed by atoms with Gasteiger partial charge in [-0.2, -0.15) is 0 Å². The van der Waals surface area contributed by atoms with Crippen molar-refractivity contribution < 1.29 is 0 Å². The lowest BCUT2D eigenvalue weighted by atomic mass is 9.99. The van der Waals surface area contributed by atoms with E-state index in [-0.39, 0.29) is 0 Å². The molecule has 0 unspecified atom stereocenters. The summed E-state index contributed by atoms with van der Waals surface area (Å²) < 4.78 is 0. The van der Waals surface area contributed by atoms with Gasteiger partial charge in [-0.25, -0.2) is 0 Å². The minimum absolute atomic E-state index is 1.28. The van der Waals surface area contributed by atoms with E-state index in [2.05, 4.69) is 38.1 Å². The van der Waals surface area contributed by atoms with E-state index in [1.807, 2.05) is 0 Å². The van der Waals surface area contributed by atoms with Gasteiger partial charge in [0.05, 0.1) is 0 Å². The Bertz CT molecular complexity index is 1000. The van der Waals surface area contributed by atoms with Gasteiger partial charge in [0.25, 0.3) is 0 Å². The molecule has 0 aromatic heterocycles. The van der Waals surface area contributed by atoms with Crippen molar-refractivity contribution in [2.24, 2.45) is 0 Å². The van der Waals surface area contributed by atoms with Crippen LogP contribution in [0, 0.1) is 0 Å². The predicted molar refractivity (Wildman–Crippen MR) is 331 cm³/mol. The quantitative estimate of drug-likeness (QED) is 0.0571. The number of aryl methyl sites for hydroxylation is 2. The minimum atomic E-state index is 1.28. The van der Waals surface area contributed by atoms with Gasteiger partial charge in [0.2, 0.25) is 0 Å². The van der Waals surface area contributed by atoms with Crippen LogP contribution < -0.4 is 0 Å². The molecule has 1 aromatic rings. The average Bonchev–Trinajstić information content (AvgIpc) is 3.39. The zero-order valence-corrected chi connectivity index (χ0v) is 50.6. The van der Waals surface area contributed by atoms with E-state index in [0.717, 1.165) is 0 Å². The smallest absolute Gasteiger partial charge is 0.0279 e. The lowest BCUT2D eigenvalue weighted by molar-refractivity contribution is 0.512. The highest BCUT2D eigenvalue weighted by Gasteiger charge is 2.02. The molecule has 0 fully saturated rings. The molecule has 0 atom stereocenters. The number of hydrogen-bond donors (Lipinski definition) is 0. The second-order valence-electron chi connectivity index (χ2n) is 24.5. The van der Waals surface area contributed by atoms with E-state index in [9.17, 15) is 0 Å². The fraction of sp³-hybridized carbons (Fsp3) is 0.917. The first kappa shape index (κ1) is 69.2. The van der Waals surface area contributed by atoms with Crippen LogP contribution in [0.25, 0.3) is 0 Å². The molecule has 0 spiro atoms. The summed E-state index contributed by atoms with van der Waals surface area (Å²) in [5, 5.41) is 0. The lowest BCUT2D eigenvalue weighted by Crippen LogP contribution is -1.91. The average molecular weight is 1000 g/mol. The maximum absolute atomic E-state index is 2.53. The summed E-state index contributed by atoms with van der Waals surface area (Å²) in [6.45, 7) is 4.63. The van der Waals surface area contributed by atoms with Crippen molar-refractivity contribution in [3.63, 3.8) is 0 Å². The first-order valence-electron chi connectivity index (χ1n) is 34.9. The summed E-state index contributed by atoms with van der Waals surface area (Å²) in [6, 6.07) is 9.63. The summed E-state index contributed by atoms with van der Waals surface area (Å²) in [7, 11) is 0. The van der Waals surface area contributed by atoms with Crippen LogP contribution in [-0.4, -0.2) is 0 Å². The van der Waals surface area contributed by atoms with Gasteiger partial charge >= 0.3 is 0 Å². The zero-order valence-electron chi connectivity index (χ0n) is 50.6.